The van der Waals surface area contributed by atoms with Crippen LogP contribution in [0.4, 0.5) is 0 Å². The van der Waals surface area contributed by atoms with Crippen LogP contribution < -0.4 is 0 Å². The largest absolute Gasteiger partial charge is 0.465 e. The third-order valence-electron chi connectivity index (χ3n) is 8.59. The van der Waals surface area contributed by atoms with Gasteiger partial charge in [0.05, 0.1) is 30.8 Å². The second-order valence-electron chi connectivity index (χ2n) is 11.9. The van der Waals surface area contributed by atoms with Crippen LogP contribution in [0, 0.1) is 17.8 Å². The van der Waals surface area contributed by atoms with Crippen molar-refractivity contribution in [1.29, 1.82) is 0 Å². The zero-order valence-electron chi connectivity index (χ0n) is 23.1. The number of nitrogens with zero attached hydrogens (tertiary/aromatic N) is 2. The number of esters is 1. The van der Waals surface area contributed by atoms with Gasteiger partial charge in [-0.25, -0.2) is 0 Å². The summed E-state index contributed by atoms with van der Waals surface area (Å²) in [5.41, 5.74) is -1.50. The van der Waals surface area contributed by atoms with Gasteiger partial charge in [-0.3, -0.25) is 14.4 Å². The highest BCUT2D eigenvalue weighted by atomic mass is 16.6. The van der Waals surface area contributed by atoms with Gasteiger partial charge in [0.25, 0.3) is 0 Å². The molecular weight excluding hydrogens is 496 g/mol. The third kappa shape index (κ3) is 4.82. The van der Waals surface area contributed by atoms with Crippen molar-refractivity contribution in [3.8, 4) is 0 Å². The van der Waals surface area contributed by atoms with Gasteiger partial charge in [0.1, 0.15) is 17.6 Å². The standard InChI is InChI=1S/C31H40N2O6/c1-21(2)18-23(20-34)33-26-28(36)32(19-22-12-7-6-8-13-22)16-11-15-31(26)24(27(33)35)25-29(37)38-17-10-5-4-9-14-30(25,3)39-31/h6-9,11-15,21,23-26,34H,4-5,10,16-20H2,1-3H3/b14-9-/t23-,24+,25-,26?,30+,31+/m1/s1. The van der Waals surface area contributed by atoms with Crippen molar-refractivity contribution >= 4 is 17.8 Å². The number of hydrogen-bond acceptors (Lipinski definition) is 6. The highest BCUT2D eigenvalue weighted by Crippen LogP contribution is 2.57. The lowest BCUT2D eigenvalue weighted by Gasteiger charge is -2.40. The Balaban J connectivity index is 1.63. The molecule has 1 aromatic rings. The number of carbonyl (C=O) groups excluding carboxylic acids is 3. The minimum absolute atomic E-state index is 0.177. The Morgan fingerprint density at radius 2 is 1.79 bits per heavy atom. The van der Waals surface area contributed by atoms with E-state index in [4.69, 9.17) is 9.47 Å². The summed E-state index contributed by atoms with van der Waals surface area (Å²) in [5, 5.41) is 10.5. The van der Waals surface area contributed by atoms with Gasteiger partial charge in [0, 0.05) is 13.1 Å². The molecule has 1 unspecified atom stereocenters. The Hall–Kier alpha value is -2.97. The maximum Gasteiger partial charge on any atom is 0.313 e. The molecule has 1 spiro atoms. The average Bonchev–Trinajstić information content (AvgIpc) is 3.25. The van der Waals surface area contributed by atoms with Crippen molar-refractivity contribution in [2.45, 2.75) is 76.3 Å². The minimum Gasteiger partial charge on any atom is -0.465 e. The van der Waals surface area contributed by atoms with Gasteiger partial charge in [-0.15, -0.1) is 0 Å². The second kappa shape index (κ2) is 10.9. The molecule has 0 bridgehead atoms. The molecule has 5 rings (SSSR count). The van der Waals surface area contributed by atoms with Crippen molar-refractivity contribution in [2.24, 2.45) is 17.8 Å². The van der Waals surface area contributed by atoms with Gasteiger partial charge in [0.2, 0.25) is 11.8 Å². The highest BCUT2D eigenvalue weighted by molar-refractivity contribution is 5.99. The van der Waals surface area contributed by atoms with E-state index in [9.17, 15) is 19.5 Å². The number of benzene rings is 1. The molecule has 0 radical (unpaired) electrons. The number of ether oxygens (including phenoxy) is 2. The van der Waals surface area contributed by atoms with Gasteiger partial charge in [0.15, 0.2) is 0 Å². The monoisotopic (exact) mass is 536 g/mol. The van der Waals surface area contributed by atoms with Crippen LogP contribution in [-0.2, 0) is 30.4 Å². The van der Waals surface area contributed by atoms with Crippen LogP contribution in [0.3, 0.4) is 0 Å². The lowest BCUT2D eigenvalue weighted by atomic mass is 9.74. The first kappa shape index (κ1) is 27.6. The highest BCUT2D eigenvalue weighted by Gasteiger charge is 2.75. The van der Waals surface area contributed by atoms with Crippen molar-refractivity contribution in [3.05, 3.63) is 60.2 Å². The van der Waals surface area contributed by atoms with Crippen LogP contribution >= 0.6 is 0 Å². The number of carbonyl (C=O) groups is 3. The third-order valence-corrected chi connectivity index (χ3v) is 8.59. The summed E-state index contributed by atoms with van der Waals surface area (Å²) in [4.78, 5) is 45.8. The molecule has 4 aliphatic rings. The predicted octanol–water partition coefficient (Wildman–Crippen LogP) is 3.25. The molecule has 2 saturated heterocycles. The van der Waals surface area contributed by atoms with Crippen LogP contribution in [0.1, 0.15) is 52.0 Å². The molecule has 8 nitrogen and oxygen atoms in total. The molecule has 0 saturated carbocycles. The molecule has 2 amide bonds. The van der Waals surface area contributed by atoms with Crippen LogP contribution in [-0.4, -0.2) is 75.7 Å². The summed E-state index contributed by atoms with van der Waals surface area (Å²) in [6.45, 7) is 6.58. The number of likely N-dealkylation sites (tertiary alicyclic amines) is 1. The summed E-state index contributed by atoms with van der Waals surface area (Å²) in [5.74, 6) is -2.74. The van der Waals surface area contributed by atoms with E-state index in [1.54, 1.807) is 4.90 Å². The minimum atomic E-state index is -1.36. The number of cyclic esters (lactones) is 1. The Labute approximate surface area is 230 Å². The first-order valence-corrected chi connectivity index (χ1v) is 14.2. The maximum atomic E-state index is 14.5. The molecule has 1 N–H and O–H groups in total. The van der Waals surface area contributed by atoms with Crippen LogP contribution in [0.2, 0.25) is 0 Å². The van der Waals surface area contributed by atoms with Crippen molar-refractivity contribution in [2.75, 3.05) is 19.8 Å². The van der Waals surface area contributed by atoms with Gasteiger partial charge in [-0.2, -0.15) is 0 Å². The lowest BCUT2D eigenvalue weighted by Crippen LogP contribution is -2.58. The predicted molar refractivity (Wildman–Crippen MR) is 145 cm³/mol. The molecule has 8 heteroatoms. The van der Waals surface area contributed by atoms with E-state index >= 15 is 0 Å². The van der Waals surface area contributed by atoms with Crippen LogP contribution in [0.25, 0.3) is 0 Å². The fourth-order valence-electron chi connectivity index (χ4n) is 6.94. The van der Waals surface area contributed by atoms with Gasteiger partial charge in [-0.05, 0) is 44.1 Å². The number of rotatable bonds is 6. The SMILES string of the molecule is CC(C)C[C@H](CO)N1C(=O)[C@@H]2[C@@H]3C(=O)OCCCC/C=C\[C@]3(C)O[C@@]23C=CCN(Cc2ccccc2)C(=O)C13. The quantitative estimate of drug-likeness (QED) is 0.443. The summed E-state index contributed by atoms with van der Waals surface area (Å²) in [7, 11) is 0. The molecule has 4 heterocycles. The van der Waals surface area contributed by atoms with Crippen molar-refractivity contribution < 1.29 is 29.0 Å². The first-order chi connectivity index (χ1) is 18.7. The van der Waals surface area contributed by atoms with E-state index in [1.165, 1.54) is 4.90 Å². The van der Waals surface area contributed by atoms with E-state index in [1.807, 2.05) is 75.4 Å². The van der Waals surface area contributed by atoms with E-state index in [0.29, 0.717) is 19.5 Å². The average molecular weight is 537 g/mol. The Bertz CT molecular complexity index is 1150. The van der Waals surface area contributed by atoms with Gasteiger partial charge >= 0.3 is 5.97 Å². The van der Waals surface area contributed by atoms with E-state index in [0.717, 1.165) is 24.8 Å². The lowest BCUT2D eigenvalue weighted by molar-refractivity contribution is -0.162. The van der Waals surface area contributed by atoms with Gasteiger partial charge in [-0.1, -0.05) is 68.5 Å². The molecule has 6 atom stereocenters. The number of allylic oxidation sites excluding steroid dienone is 1. The fraction of sp³-hybridized carbons (Fsp3) is 0.581. The zero-order chi connectivity index (χ0) is 27.8. The molecule has 210 valence electrons. The number of aliphatic hydroxyl groups is 1. The first-order valence-electron chi connectivity index (χ1n) is 14.2. The molecule has 2 fully saturated rings. The Morgan fingerprint density at radius 3 is 2.51 bits per heavy atom. The number of hydrogen-bond donors (Lipinski definition) is 1. The smallest absolute Gasteiger partial charge is 0.313 e. The summed E-state index contributed by atoms with van der Waals surface area (Å²) < 4.78 is 12.5. The molecular formula is C31H40N2O6. The Morgan fingerprint density at radius 1 is 1.03 bits per heavy atom. The van der Waals surface area contributed by atoms with Gasteiger partial charge < -0.3 is 24.4 Å². The molecule has 0 aliphatic carbocycles. The molecule has 4 aliphatic heterocycles. The summed E-state index contributed by atoms with van der Waals surface area (Å²) in [6, 6.07) is 8.13. The number of fused-ring (bicyclic) bond motifs is 2. The molecule has 39 heavy (non-hydrogen) atoms. The normalized spacial score (nSPS) is 34.3. The molecule has 0 aromatic heterocycles. The molecule has 1 aromatic carbocycles. The maximum absolute atomic E-state index is 14.5. The van der Waals surface area contributed by atoms with E-state index in [-0.39, 0.29) is 30.9 Å². The fourth-order valence-corrected chi connectivity index (χ4v) is 6.94. The van der Waals surface area contributed by atoms with Crippen molar-refractivity contribution in [3.63, 3.8) is 0 Å². The topological polar surface area (TPSA) is 96.4 Å². The van der Waals surface area contributed by atoms with Crippen LogP contribution in [0.15, 0.2) is 54.6 Å². The number of aliphatic hydroxyl groups excluding tert-OH is 1. The number of amides is 2. The Kier molecular flexibility index (Phi) is 7.71. The van der Waals surface area contributed by atoms with E-state index in [2.05, 4.69) is 0 Å². The summed E-state index contributed by atoms with van der Waals surface area (Å²) >= 11 is 0. The van der Waals surface area contributed by atoms with Crippen molar-refractivity contribution in [1.82, 2.24) is 9.80 Å². The summed E-state index contributed by atoms with van der Waals surface area (Å²) in [6.07, 6.45) is 10.6. The van der Waals surface area contributed by atoms with Crippen LogP contribution in [0.5, 0.6) is 0 Å². The zero-order valence-corrected chi connectivity index (χ0v) is 23.1. The second-order valence-corrected chi connectivity index (χ2v) is 11.9. The van der Waals surface area contributed by atoms with E-state index < -0.39 is 41.1 Å².